The molecule has 130 valence electrons. The predicted octanol–water partition coefficient (Wildman–Crippen LogP) is 2.66. The highest BCUT2D eigenvalue weighted by Gasteiger charge is 2.42. The van der Waals surface area contributed by atoms with Gasteiger partial charge in [0.2, 0.25) is 11.6 Å². The van der Waals surface area contributed by atoms with Crippen LogP contribution in [0.4, 0.5) is 40.8 Å². The van der Waals surface area contributed by atoms with Crippen molar-refractivity contribution < 1.29 is 35.1 Å². The number of piperazine rings is 1. The zero-order chi connectivity index (χ0) is 17.4. The van der Waals surface area contributed by atoms with E-state index in [9.17, 15) is 35.1 Å². The maximum absolute atomic E-state index is 13.6. The zero-order valence-corrected chi connectivity index (χ0v) is 11.5. The molecule has 1 aliphatic heterocycles. The summed E-state index contributed by atoms with van der Waals surface area (Å²) in [7, 11) is 0. The Labute approximate surface area is 125 Å². The molecule has 2 heterocycles. The van der Waals surface area contributed by atoms with E-state index < -0.39 is 48.1 Å². The van der Waals surface area contributed by atoms with Crippen LogP contribution in [-0.4, -0.2) is 55.0 Å². The van der Waals surface area contributed by atoms with Crippen LogP contribution in [-0.2, 0) is 0 Å². The summed E-state index contributed by atoms with van der Waals surface area (Å²) in [6, 6.07) is 0. The lowest BCUT2D eigenvalue weighted by atomic mass is 10.2. The Bertz CT molecular complexity index is 546. The van der Waals surface area contributed by atoms with Crippen molar-refractivity contribution >= 4 is 5.69 Å². The third kappa shape index (κ3) is 3.65. The molecule has 0 N–H and O–H groups in total. The Kier molecular flexibility index (Phi) is 4.97. The van der Waals surface area contributed by atoms with E-state index >= 15 is 0 Å². The fourth-order valence-corrected chi connectivity index (χ4v) is 2.25. The summed E-state index contributed by atoms with van der Waals surface area (Å²) in [6.45, 7) is -2.21. The summed E-state index contributed by atoms with van der Waals surface area (Å²) in [5.74, 6) is -11.3. The molecule has 2 rings (SSSR count). The normalized spacial score (nSPS) is 17.2. The van der Waals surface area contributed by atoms with Crippen LogP contribution < -0.4 is 4.90 Å². The Hall–Kier alpha value is -1.65. The van der Waals surface area contributed by atoms with Crippen molar-refractivity contribution in [2.45, 2.75) is 12.3 Å². The molecule has 0 amide bonds. The van der Waals surface area contributed by atoms with Gasteiger partial charge in [-0.05, 0) is 0 Å². The molecule has 1 fully saturated rings. The van der Waals surface area contributed by atoms with Gasteiger partial charge < -0.3 is 4.90 Å². The monoisotopic (exact) mass is 349 g/mol. The lowest BCUT2D eigenvalue weighted by molar-refractivity contribution is -0.142. The van der Waals surface area contributed by atoms with E-state index in [1.807, 2.05) is 0 Å². The topological polar surface area (TPSA) is 19.4 Å². The number of hydrogen-bond acceptors (Lipinski definition) is 3. The van der Waals surface area contributed by atoms with Crippen molar-refractivity contribution in [1.29, 1.82) is 0 Å². The molecule has 1 aromatic rings. The summed E-state index contributed by atoms with van der Waals surface area (Å²) in [5, 5.41) is 0. The molecule has 0 unspecified atom stereocenters. The zero-order valence-electron chi connectivity index (χ0n) is 11.5. The van der Waals surface area contributed by atoms with E-state index in [4.69, 9.17) is 0 Å². The molecule has 23 heavy (non-hydrogen) atoms. The third-order valence-electron chi connectivity index (χ3n) is 3.42. The van der Waals surface area contributed by atoms with Gasteiger partial charge in [-0.25, -0.2) is 8.78 Å². The predicted molar refractivity (Wildman–Crippen MR) is 63.7 cm³/mol. The van der Waals surface area contributed by atoms with Crippen molar-refractivity contribution in [3.8, 4) is 0 Å². The van der Waals surface area contributed by atoms with Gasteiger partial charge in [-0.2, -0.15) is 31.3 Å². The molecule has 0 radical (unpaired) electrons. The third-order valence-corrected chi connectivity index (χ3v) is 3.42. The summed E-state index contributed by atoms with van der Waals surface area (Å²) in [6.07, 6.45) is -3.83. The minimum atomic E-state index is -4.21. The number of anilines is 1. The van der Waals surface area contributed by atoms with Gasteiger partial charge in [0.05, 0.1) is 6.54 Å². The van der Waals surface area contributed by atoms with Crippen LogP contribution >= 0.6 is 0 Å². The van der Waals surface area contributed by atoms with Crippen molar-refractivity contribution in [2.75, 3.05) is 37.6 Å². The molecular formula is C12H11F8N3. The number of alkyl halides is 4. The highest BCUT2D eigenvalue weighted by atomic mass is 19.3. The number of nitrogens with zero attached hydrogens (tertiary/aromatic N) is 3. The van der Waals surface area contributed by atoms with E-state index in [0.29, 0.717) is 0 Å². The van der Waals surface area contributed by atoms with Crippen molar-refractivity contribution in [2.24, 2.45) is 0 Å². The molecule has 1 aliphatic rings. The number of aromatic nitrogens is 1. The first-order valence-corrected chi connectivity index (χ1v) is 6.46. The van der Waals surface area contributed by atoms with Crippen LogP contribution in [0.1, 0.15) is 0 Å². The molecule has 1 saturated heterocycles. The van der Waals surface area contributed by atoms with Gasteiger partial charge in [-0.3, -0.25) is 4.90 Å². The Morgan fingerprint density at radius 1 is 0.913 bits per heavy atom. The van der Waals surface area contributed by atoms with Gasteiger partial charge in [0, 0.05) is 26.2 Å². The summed E-state index contributed by atoms with van der Waals surface area (Å²) >= 11 is 0. The van der Waals surface area contributed by atoms with Crippen LogP contribution in [0.2, 0.25) is 0 Å². The van der Waals surface area contributed by atoms with E-state index in [2.05, 4.69) is 4.98 Å². The highest BCUT2D eigenvalue weighted by molar-refractivity contribution is 5.49. The second-order valence-electron chi connectivity index (χ2n) is 4.99. The molecule has 0 aromatic carbocycles. The molecule has 0 aliphatic carbocycles. The second kappa shape index (κ2) is 6.46. The van der Waals surface area contributed by atoms with Crippen LogP contribution in [0.3, 0.4) is 0 Å². The van der Waals surface area contributed by atoms with Crippen LogP contribution in [0.5, 0.6) is 0 Å². The average molecular weight is 349 g/mol. The minimum Gasteiger partial charge on any atom is -0.364 e. The fourth-order valence-electron chi connectivity index (χ4n) is 2.25. The molecule has 0 saturated carbocycles. The van der Waals surface area contributed by atoms with E-state index in [0.717, 1.165) is 9.80 Å². The van der Waals surface area contributed by atoms with Gasteiger partial charge in [0.1, 0.15) is 5.69 Å². The SMILES string of the molecule is Fc1nc(F)c(F)c(N2CCN(CC(F)(F)C(F)F)CC2)c1F. The van der Waals surface area contributed by atoms with Crippen molar-refractivity contribution in [3.63, 3.8) is 0 Å². The maximum atomic E-state index is 13.6. The summed E-state index contributed by atoms with van der Waals surface area (Å²) < 4.78 is 103. The van der Waals surface area contributed by atoms with Crippen LogP contribution in [0.15, 0.2) is 0 Å². The average Bonchev–Trinajstić information content (AvgIpc) is 2.47. The number of hydrogen-bond donors (Lipinski definition) is 0. The van der Waals surface area contributed by atoms with Crippen molar-refractivity contribution in [3.05, 3.63) is 23.5 Å². The Morgan fingerprint density at radius 2 is 1.39 bits per heavy atom. The van der Waals surface area contributed by atoms with E-state index in [1.165, 1.54) is 0 Å². The smallest absolute Gasteiger partial charge is 0.319 e. The van der Waals surface area contributed by atoms with Gasteiger partial charge in [0.25, 0.3) is 11.9 Å². The number of pyridine rings is 1. The fraction of sp³-hybridized carbons (Fsp3) is 0.583. The standard InChI is InChI=1S/C12H11F8N3/c13-6-8(7(14)10(16)21-9(6)15)23-3-1-22(2-4-23)5-12(19,20)11(17)18/h11H,1-5H2. The first-order chi connectivity index (χ1) is 10.6. The molecule has 0 spiro atoms. The minimum absolute atomic E-state index is 0.229. The van der Waals surface area contributed by atoms with Crippen molar-refractivity contribution in [1.82, 2.24) is 9.88 Å². The molecule has 1 aromatic heterocycles. The lowest BCUT2D eigenvalue weighted by Crippen LogP contribution is -2.51. The second-order valence-corrected chi connectivity index (χ2v) is 4.99. The van der Waals surface area contributed by atoms with E-state index in [-0.39, 0.29) is 26.2 Å². The van der Waals surface area contributed by atoms with Gasteiger partial charge in [0.15, 0.2) is 0 Å². The van der Waals surface area contributed by atoms with Crippen LogP contribution in [0.25, 0.3) is 0 Å². The largest absolute Gasteiger partial charge is 0.364 e. The first-order valence-electron chi connectivity index (χ1n) is 6.46. The Balaban J connectivity index is 2.09. The van der Waals surface area contributed by atoms with Gasteiger partial charge in [-0.15, -0.1) is 0 Å². The maximum Gasteiger partial charge on any atom is 0.319 e. The van der Waals surface area contributed by atoms with Gasteiger partial charge in [-0.1, -0.05) is 0 Å². The number of halogens is 8. The molecule has 3 nitrogen and oxygen atoms in total. The quantitative estimate of drug-likeness (QED) is 0.616. The Morgan fingerprint density at radius 3 is 1.83 bits per heavy atom. The van der Waals surface area contributed by atoms with Gasteiger partial charge >= 0.3 is 12.3 Å². The summed E-state index contributed by atoms with van der Waals surface area (Å²) in [4.78, 5) is 4.30. The molecule has 0 bridgehead atoms. The lowest BCUT2D eigenvalue weighted by Gasteiger charge is -2.37. The van der Waals surface area contributed by atoms with E-state index in [1.54, 1.807) is 0 Å². The van der Waals surface area contributed by atoms with Crippen LogP contribution in [0, 0.1) is 23.5 Å². The summed E-state index contributed by atoms with van der Waals surface area (Å²) in [5.41, 5.74) is -0.990. The first kappa shape index (κ1) is 17.7. The molecule has 11 heteroatoms. The highest BCUT2D eigenvalue weighted by Crippen LogP contribution is 2.28. The molecule has 0 atom stereocenters. The molecular weight excluding hydrogens is 338 g/mol. The number of rotatable bonds is 4.